The molecule has 0 saturated heterocycles. The van der Waals surface area contributed by atoms with Crippen molar-refractivity contribution < 1.29 is 22.2 Å². The van der Waals surface area contributed by atoms with E-state index in [1.165, 1.54) is 49.9 Å². The maximum Gasteiger partial charge on any atom is 0.264 e. The number of unbranched alkanes of at least 4 members (excludes halogenated alkanes) is 5. The summed E-state index contributed by atoms with van der Waals surface area (Å²) in [4.78, 5) is 0. The van der Waals surface area contributed by atoms with Crippen LogP contribution in [0.4, 0.5) is 0 Å². The molecule has 0 unspecified atom stereocenters. The van der Waals surface area contributed by atoms with Crippen molar-refractivity contribution >= 4 is 10.1 Å². The average Bonchev–Trinajstić information content (AvgIpc) is 2.45. The summed E-state index contributed by atoms with van der Waals surface area (Å²) in [5.74, 6) is -0.0842. The Morgan fingerprint density at radius 3 is 1.36 bits per heavy atom. The molecule has 0 spiro atoms. The van der Waals surface area contributed by atoms with Crippen molar-refractivity contribution in [3.63, 3.8) is 0 Å². The molecule has 0 atom stereocenters. The number of nitrogens with zero attached hydrogens (tertiary/aromatic N) is 1. The molecule has 0 aliphatic carbocycles. The first kappa shape index (κ1) is 26.7. The molecule has 6 heteroatoms. The lowest BCUT2D eigenvalue weighted by Crippen LogP contribution is -3.00. The van der Waals surface area contributed by atoms with Crippen LogP contribution in [0.1, 0.15) is 73.1 Å². The van der Waals surface area contributed by atoms with E-state index in [-0.39, 0.29) is 10.5 Å². The zero-order valence-corrected chi connectivity index (χ0v) is 16.1. The minimum Gasteiger partial charge on any atom is -1.00 e. The second-order valence-corrected chi connectivity index (χ2v) is 7.23. The summed E-state index contributed by atoms with van der Waals surface area (Å²) < 4.78 is 30.2. The quantitative estimate of drug-likeness (QED) is 0.347. The van der Waals surface area contributed by atoms with Gasteiger partial charge < -0.3 is 9.19 Å². The maximum absolute atomic E-state index is 10.3. The first-order valence-corrected chi connectivity index (χ1v) is 10.2. The lowest BCUT2D eigenvalue weighted by Gasteiger charge is -2.34. The largest absolute Gasteiger partial charge is 1.00 e. The van der Waals surface area contributed by atoms with Gasteiger partial charge in [-0.05, 0) is 34.1 Å². The molecular formula is C16H38FNO3S. The van der Waals surface area contributed by atoms with Gasteiger partial charge in [0.15, 0.2) is 0 Å². The van der Waals surface area contributed by atoms with Gasteiger partial charge in [0.2, 0.25) is 0 Å². The maximum atomic E-state index is 10.3. The van der Waals surface area contributed by atoms with Gasteiger partial charge in [0.25, 0.3) is 10.1 Å². The van der Waals surface area contributed by atoms with Crippen LogP contribution in [0.25, 0.3) is 0 Å². The fraction of sp³-hybridized carbons (Fsp3) is 1.00. The fourth-order valence-electron chi connectivity index (χ4n) is 2.41. The third kappa shape index (κ3) is 16.2. The van der Waals surface area contributed by atoms with E-state index in [1.54, 1.807) is 0 Å². The predicted octanol–water partition coefficient (Wildman–Crippen LogP) is 1.12. The number of rotatable bonds is 11. The van der Waals surface area contributed by atoms with E-state index >= 15 is 0 Å². The number of halogens is 1. The highest BCUT2D eigenvalue weighted by Crippen LogP contribution is 2.05. The van der Waals surface area contributed by atoms with Crippen molar-refractivity contribution in [3.05, 3.63) is 0 Å². The highest BCUT2D eigenvalue weighted by molar-refractivity contribution is 7.85. The van der Waals surface area contributed by atoms with Crippen molar-refractivity contribution in [3.8, 4) is 0 Å². The Bertz CT molecular complexity index is 300. The van der Waals surface area contributed by atoms with E-state index in [4.69, 9.17) is 4.55 Å². The summed E-state index contributed by atoms with van der Waals surface area (Å²) in [6.45, 7) is 16.4. The van der Waals surface area contributed by atoms with Gasteiger partial charge in [-0.25, -0.2) is 0 Å². The minimum absolute atomic E-state index is 0. The van der Waals surface area contributed by atoms with Crippen LogP contribution in [0.3, 0.4) is 0 Å². The Morgan fingerprint density at radius 1 is 0.727 bits per heavy atom. The molecular weight excluding hydrogens is 305 g/mol. The van der Waals surface area contributed by atoms with Crippen LogP contribution in [0.15, 0.2) is 0 Å². The van der Waals surface area contributed by atoms with E-state index < -0.39 is 10.1 Å². The normalized spacial score (nSPS) is 11.4. The first-order chi connectivity index (χ1) is 9.80. The molecule has 0 rings (SSSR count). The molecule has 0 aliphatic heterocycles. The highest BCUT2D eigenvalue weighted by atomic mass is 32.2. The van der Waals surface area contributed by atoms with Gasteiger partial charge in [-0.3, -0.25) is 4.55 Å². The number of hydrogen-bond donors (Lipinski definition) is 1. The molecule has 0 aliphatic rings. The van der Waals surface area contributed by atoms with Crippen molar-refractivity contribution in [2.24, 2.45) is 0 Å². The van der Waals surface area contributed by atoms with Crippen LogP contribution in [0.2, 0.25) is 0 Å². The lowest BCUT2D eigenvalue weighted by atomic mass is 10.1. The number of quaternary nitrogens is 1. The van der Waals surface area contributed by atoms with Crippen LogP contribution in [0.5, 0.6) is 0 Å². The summed E-state index contributed by atoms with van der Waals surface area (Å²) in [6.07, 6.45) is 6.14. The van der Waals surface area contributed by atoms with E-state index in [0.29, 0.717) is 6.42 Å². The monoisotopic (exact) mass is 343 g/mol. The molecule has 0 aromatic rings. The molecule has 0 aromatic carbocycles. The van der Waals surface area contributed by atoms with Gasteiger partial charge in [0.05, 0.1) is 31.9 Å². The third-order valence-electron chi connectivity index (χ3n) is 4.44. The topological polar surface area (TPSA) is 54.4 Å². The Balaban J connectivity index is -0.000000326. The summed E-state index contributed by atoms with van der Waals surface area (Å²) in [5, 5.41) is 0. The average molecular weight is 344 g/mol. The SMILES string of the molecule is CCCCCCCCS(=O)(=O)O.CC[N+](CC)(CC)CC.[F-]. The lowest BCUT2D eigenvalue weighted by molar-refractivity contribution is -0.921. The zero-order chi connectivity index (χ0) is 16.8. The summed E-state index contributed by atoms with van der Waals surface area (Å²) in [7, 11) is -3.72. The third-order valence-corrected chi connectivity index (χ3v) is 5.24. The van der Waals surface area contributed by atoms with Crippen LogP contribution >= 0.6 is 0 Å². The Kier molecular flexibility index (Phi) is 19.0. The number of hydrogen-bond acceptors (Lipinski definition) is 2. The molecule has 138 valence electrons. The van der Waals surface area contributed by atoms with Gasteiger partial charge in [-0.15, -0.1) is 0 Å². The van der Waals surface area contributed by atoms with Gasteiger partial charge in [0.1, 0.15) is 0 Å². The van der Waals surface area contributed by atoms with Crippen molar-refractivity contribution in [2.45, 2.75) is 73.1 Å². The van der Waals surface area contributed by atoms with Crippen LogP contribution < -0.4 is 4.70 Å². The van der Waals surface area contributed by atoms with Crippen molar-refractivity contribution in [1.29, 1.82) is 0 Å². The Morgan fingerprint density at radius 2 is 1.09 bits per heavy atom. The molecule has 0 heterocycles. The second-order valence-electron chi connectivity index (χ2n) is 5.66. The molecule has 0 aromatic heterocycles. The standard InChI is InChI=1S/C8H20N.C8H18O3S.FH/c1-5-9(6-2,7-3)8-4;1-2-3-4-5-6-7-8-12(9,10)11;/h5-8H2,1-4H3;2-8H2,1H3,(H,9,10,11);1H/q+1;;/p-1. The summed E-state index contributed by atoms with van der Waals surface area (Å²) >= 11 is 0. The molecule has 4 nitrogen and oxygen atoms in total. The van der Waals surface area contributed by atoms with E-state index in [0.717, 1.165) is 12.8 Å². The molecule has 1 N–H and O–H groups in total. The van der Waals surface area contributed by atoms with Crippen molar-refractivity contribution in [2.75, 3.05) is 31.9 Å². The van der Waals surface area contributed by atoms with Gasteiger partial charge in [0, 0.05) is 0 Å². The Hall–Kier alpha value is -0.200. The smallest absolute Gasteiger partial charge is 0.264 e. The van der Waals surface area contributed by atoms with E-state index in [1.807, 2.05) is 0 Å². The predicted molar refractivity (Wildman–Crippen MR) is 92.2 cm³/mol. The van der Waals surface area contributed by atoms with E-state index in [2.05, 4.69) is 34.6 Å². The van der Waals surface area contributed by atoms with Crippen LogP contribution in [-0.2, 0) is 10.1 Å². The van der Waals surface area contributed by atoms with Gasteiger partial charge in [-0.2, -0.15) is 8.42 Å². The highest BCUT2D eigenvalue weighted by Gasteiger charge is 2.16. The molecule has 0 radical (unpaired) electrons. The summed E-state index contributed by atoms with van der Waals surface area (Å²) in [5.41, 5.74) is 0. The minimum atomic E-state index is -3.72. The Labute approximate surface area is 138 Å². The molecule has 0 saturated carbocycles. The van der Waals surface area contributed by atoms with Crippen LogP contribution in [-0.4, -0.2) is 49.4 Å². The second kappa shape index (κ2) is 15.7. The first-order valence-electron chi connectivity index (χ1n) is 8.61. The molecule has 22 heavy (non-hydrogen) atoms. The molecule has 0 amide bonds. The zero-order valence-electron chi connectivity index (χ0n) is 15.3. The van der Waals surface area contributed by atoms with E-state index in [9.17, 15) is 8.42 Å². The van der Waals surface area contributed by atoms with Gasteiger partial charge in [-0.1, -0.05) is 39.0 Å². The molecule has 0 fully saturated rings. The van der Waals surface area contributed by atoms with Crippen LogP contribution in [0, 0.1) is 0 Å². The van der Waals surface area contributed by atoms with Gasteiger partial charge >= 0.3 is 0 Å². The fourth-order valence-corrected chi connectivity index (χ4v) is 2.98. The van der Waals surface area contributed by atoms with Crippen molar-refractivity contribution in [1.82, 2.24) is 0 Å². The molecule has 0 bridgehead atoms. The summed E-state index contributed by atoms with van der Waals surface area (Å²) in [6, 6.07) is 0.